The number of hydrogen-bond donors (Lipinski definition) is 2. The Kier molecular flexibility index (Phi) is 3.78. The van der Waals surface area contributed by atoms with Crippen molar-refractivity contribution in [1.29, 1.82) is 0 Å². The molecule has 0 amide bonds. The second-order valence-electron chi connectivity index (χ2n) is 4.48. The van der Waals surface area contributed by atoms with Gasteiger partial charge in [-0.25, -0.2) is 4.98 Å². The van der Waals surface area contributed by atoms with E-state index in [0.717, 1.165) is 37.4 Å². The van der Waals surface area contributed by atoms with Crippen LogP contribution in [0.2, 0.25) is 0 Å². The van der Waals surface area contributed by atoms with E-state index in [-0.39, 0.29) is 5.56 Å². The molecule has 0 bridgehead atoms. The standard InChI is InChI=1S/C12H20N4O/c1-2-10-14-11(7-12(17)15-10)16-6-4-3-5-9(16)8-13/h7,9H,2-6,8,13H2,1H3,(H,14,15,17). The minimum Gasteiger partial charge on any atom is -0.352 e. The largest absolute Gasteiger partial charge is 0.352 e. The number of aromatic nitrogens is 2. The smallest absolute Gasteiger partial charge is 0.252 e. The number of nitrogens with two attached hydrogens (primary N) is 1. The number of nitrogens with one attached hydrogen (secondary N) is 1. The molecule has 1 aliphatic rings. The first-order valence-corrected chi connectivity index (χ1v) is 6.31. The molecule has 0 aromatic carbocycles. The molecule has 3 N–H and O–H groups in total. The minimum absolute atomic E-state index is 0.0757. The SMILES string of the molecule is CCc1nc(N2CCCCC2CN)cc(=O)[nH]1. The van der Waals surface area contributed by atoms with Crippen LogP contribution < -0.4 is 16.2 Å². The molecular formula is C12H20N4O. The van der Waals surface area contributed by atoms with Gasteiger partial charge in [-0.05, 0) is 19.3 Å². The number of anilines is 1. The zero-order valence-corrected chi connectivity index (χ0v) is 10.3. The molecule has 0 radical (unpaired) electrons. The van der Waals surface area contributed by atoms with Crippen LogP contribution in [-0.4, -0.2) is 29.1 Å². The molecule has 1 aromatic rings. The van der Waals surface area contributed by atoms with Gasteiger partial charge in [-0.1, -0.05) is 6.92 Å². The molecule has 0 saturated carbocycles. The van der Waals surface area contributed by atoms with Crippen molar-refractivity contribution < 1.29 is 0 Å². The van der Waals surface area contributed by atoms with Gasteiger partial charge in [0.05, 0.1) is 0 Å². The van der Waals surface area contributed by atoms with Crippen LogP contribution >= 0.6 is 0 Å². The van der Waals surface area contributed by atoms with Crippen LogP contribution in [0.3, 0.4) is 0 Å². The molecular weight excluding hydrogens is 216 g/mol. The number of aryl methyl sites for hydroxylation is 1. The third-order valence-electron chi connectivity index (χ3n) is 3.31. The topological polar surface area (TPSA) is 75.0 Å². The lowest BCUT2D eigenvalue weighted by Crippen LogP contribution is -2.45. The van der Waals surface area contributed by atoms with Crippen LogP contribution in [0, 0.1) is 0 Å². The molecule has 2 rings (SSSR count). The molecule has 1 unspecified atom stereocenters. The van der Waals surface area contributed by atoms with Crippen molar-refractivity contribution in [3.05, 3.63) is 22.2 Å². The first kappa shape index (κ1) is 12.1. The molecule has 0 aliphatic carbocycles. The van der Waals surface area contributed by atoms with Gasteiger partial charge in [-0.2, -0.15) is 0 Å². The van der Waals surface area contributed by atoms with Gasteiger partial charge in [0, 0.05) is 31.6 Å². The summed E-state index contributed by atoms with van der Waals surface area (Å²) in [7, 11) is 0. The lowest BCUT2D eigenvalue weighted by Gasteiger charge is -2.35. The van der Waals surface area contributed by atoms with Crippen LogP contribution in [0.15, 0.2) is 10.9 Å². The number of hydrogen-bond acceptors (Lipinski definition) is 4. The number of rotatable bonds is 3. The molecule has 1 aliphatic heterocycles. The molecule has 17 heavy (non-hydrogen) atoms. The number of piperidine rings is 1. The molecule has 1 atom stereocenters. The maximum absolute atomic E-state index is 11.6. The highest BCUT2D eigenvalue weighted by atomic mass is 16.1. The second kappa shape index (κ2) is 5.31. The summed E-state index contributed by atoms with van der Waals surface area (Å²) >= 11 is 0. The predicted octanol–water partition coefficient (Wildman–Crippen LogP) is 0.650. The molecule has 2 heterocycles. The molecule has 1 fully saturated rings. The van der Waals surface area contributed by atoms with E-state index in [4.69, 9.17) is 5.73 Å². The maximum atomic E-state index is 11.6. The first-order chi connectivity index (χ1) is 8.24. The third kappa shape index (κ3) is 2.66. The quantitative estimate of drug-likeness (QED) is 0.808. The summed E-state index contributed by atoms with van der Waals surface area (Å²) in [4.78, 5) is 21.0. The Hall–Kier alpha value is -1.36. The van der Waals surface area contributed by atoms with Crippen LogP contribution in [0.5, 0.6) is 0 Å². The lowest BCUT2D eigenvalue weighted by atomic mass is 10.0. The van der Waals surface area contributed by atoms with Crippen LogP contribution in [0.1, 0.15) is 32.0 Å². The highest BCUT2D eigenvalue weighted by Crippen LogP contribution is 2.21. The highest BCUT2D eigenvalue weighted by molar-refractivity contribution is 5.39. The van der Waals surface area contributed by atoms with Crippen LogP contribution in [0.25, 0.3) is 0 Å². The minimum atomic E-state index is -0.0757. The van der Waals surface area contributed by atoms with Crippen LogP contribution in [0.4, 0.5) is 5.82 Å². The van der Waals surface area contributed by atoms with E-state index in [1.807, 2.05) is 6.92 Å². The van der Waals surface area contributed by atoms with Gasteiger partial charge >= 0.3 is 0 Å². The monoisotopic (exact) mass is 236 g/mol. The molecule has 94 valence electrons. The summed E-state index contributed by atoms with van der Waals surface area (Å²) in [5.74, 6) is 1.52. The average Bonchev–Trinajstić information content (AvgIpc) is 2.37. The Labute approximate surface area is 101 Å². The van der Waals surface area contributed by atoms with Gasteiger partial charge in [0.1, 0.15) is 11.6 Å². The first-order valence-electron chi connectivity index (χ1n) is 6.31. The fourth-order valence-corrected chi connectivity index (χ4v) is 2.36. The van der Waals surface area contributed by atoms with Crippen molar-refractivity contribution in [2.75, 3.05) is 18.0 Å². The summed E-state index contributed by atoms with van der Waals surface area (Å²) in [5.41, 5.74) is 5.71. The van der Waals surface area contributed by atoms with Gasteiger partial charge in [0.15, 0.2) is 0 Å². The Bertz CT molecular complexity index is 429. The van der Waals surface area contributed by atoms with Gasteiger partial charge in [0.2, 0.25) is 0 Å². The summed E-state index contributed by atoms with van der Waals surface area (Å²) in [6, 6.07) is 1.90. The Balaban J connectivity index is 2.31. The fraction of sp³-hybridized carbons (Fsp3) is 0.667. The summed E-state index contributed by atoms with van der Waals surface area (Å²) < 4.78 is 0. The van der Waals surface area contributed by atoms with E-state index in [2.05, 4.69) is 14.9 Å². The lowest BCUT2D eigenvalue weighted by molar-refractivity contribution is 0.461. The zero-order chi connectivity index (χ0) is 12.3. The van der Waals surface area contributed by atoms with Gasteiger partial charge in [-0.15, -0.1) is 0 Å². The zero-order valence-electron chi connectivity index (χ0n) is 10.3. The van der Waals surface area contributed by atoms with Crippen molar-refractivity contribution in [3.63, 3.8) is 0 Å². The van der Waals surface area contributed by atoms with Crippen molar-refractivity contribution in [2.24, 2.45) is 5.73 Å². The van der Waals surface area contributed by atoms with Crippen molar-refractivity contribution in [3.8, 4) is 0 Å². The second-order valence-corrected chi connectivity index (χ2v) is 4.48. The number of aromatic amines is 1. The Morgan fingerprint density at radius 2 is 2.41 bits per heavy atom. The average molecular weight is 236 g/mol. The van der Waals surface area contributed by atoms with E-state index in [1.54, 1.807) is 6.07 Å². The normalized spacial score (nSPS) is 20.6. The van der Waals surface area contributed by atoms with E-state index in [9.17, 15) is 4.79 Å². The van der Waals surface area contributed by atoms with E-state index >= 15 is 0 Å². The highest BCUT2D eigenvalue weighted by Gasteiger charge is 2.22. The molecule has 5 nitrogen and oxygen atoms in total. The molecule has 0 spiro atoms. The molecule has 1 saturated heterocycles. The summed E-state index contributed by atoms with van der Waals surface area (Å²) in [6.07, 6.45) is 4.19. The van der Waals surface area contributed by atoms with Gasteiger partial charge < -0.3 is 15.6 Å². The van der Waals surface area contributed by atoms with Gasteiger partial charge in [0.25, 0.3) is 5.56 Å². The maximum Gasteiger partial charge on any atom is 0.252 e. The fourth-order valence-electron chi connectivity index (χ4n) is 2.36. The Morgan fingerprint density at radius 3 is 3.12 bits per heavy atom. The van der Waals surface area contributed by atoms with Crippen molar-refractivity contribution in [1.82, 2.24) is 9.97 Å². The number of H-pyrrole nitrogens is 1. The number of nitrogens with zero attached hydrogens (tertiary/aromatic N) is 2. The Morgan fingerprint density at radius 1 is 1.59 bits per heavy atom. The van der Waals surface area contributed by atoms with Crippen molar-refractivity contribution in [2.45, 2.75) is 38.6 Å². The summed E-state index contributed by atoms with van der Waals surface area (Å²) in [5, 5.41) is 0. The van der Waals surface area contributed by atoms with Gasteiger partial charge in [-0.3, -0.25) is 4.79 Å². The summed E-state index contributed by atoms with van der Waals surface area (Å²) in [6.45, 7) is 3.55. The van der Waals surface area contributed by atoms with Crippen LogP contribution in [-0.2, 0) is 6.42 Å². The van der Waals surface area contributed by atoms with Crippen molar-refractivity contribution >= 4 is 5.82 Å². The van der Waals surface area contributed by atoms with E-state index < -0.39 is 0 Å². The van der Waals surface area contributed by atoms with E-state index in [0.29, 0.717) is 12.6 Å². The predicted molar refractivity (Wildman–Crippen MR) is 68.3 cm³/mol. The third-order valence-corrected chi connectivity index (χ3v) is 3.31. The molecule has 1 aromatic heterocycles. The van der Waals surface area contributed by atoms with E-state index in [1.165, 1.54) is 6.42 Å². The molecule has 5 heteroatoms.